The molecule has 0 saturated carbocycles. The van der Waals surface area contributed by atoms with Crippen LogP contribution in [-0.4, -0.2) is 12.5 Å². The standard InChI is InChI=1S/C12H8BOS/c14-13-8-5-6-12-10(7-8)9-3-1-2-4-11(9)15-12/h1-7,14H. The molecule has 0 aliphatic rings. The van der Waals surface area contributed by atoms with Crippen molar-refractivity contribution in [2.24, 2.45) is 0 Å². The van der Waals surface area contributed by atoms with Crippen molar-refractivity contribution in [2.75, 3.05) is 0 Å². The van der Waals surface area contributed by atoms with Gasteiger partial charge in [0, 0.05) is 14.8 Å². The number of rotatable bonds is 1. The van der Waals surface area contributed by atoms with E-state index in [9.17, 15) is 0 Å². The molecule has 0 aliphatic carbocycles. The van der Waals surface area contributed by atoms with Crippen molar-refractivity contribution in [2.45, 2.75) is 0 Å². The van der Waals surface area contributed by atoms with Crippen LogP contribution in [0.4, 0.5) is 0 Å². The van der Waals surface area contributed by atoms with E-state index < -0.39 is 0 Å². The Hall–Kier alpha value is -1.32. The number of fused-ring (bicyclic) bond motifs is 3. The third-order valence-electron chi connectivity index (χ3n) is 2.55. The van der Waals surface area contributed by atoms with Gasteiger partial charge in [-0.15, -0.1) is 11.3 Å². The summed E-state index contributed by atoms with van der Waals surface area (Å²) >= 11 is 1.79. The van der Waals surface area contributed by atoms with E-state index in [4.69, 9.17) is 5.02 Å². The fourth-order valence-electron chi connectivity index (χ4n) is 1.82. The Balaban J connectivity index is 2.46. The molecule has 0 amide bonds. The highest BCUT2D eigenvalue weighted by atomic mass is 32.1. The van der Waals surface area contributed by atoms with Gasteiger partial charge in [0.25, 0.3) is 0 Å². The van der Waals surface area contributed by atoms with Gasteiger partial charge in [-0.25, -0.2) is 0 Å². The average molecular weight is 211 g/mol. The molecule has 1 heterocycles. The van der Waals surface area contributed by atoms with Crippen LogP contribution in [0.3, 0.4) is 0 Å². The van der Waals surface area contributed by atoms with Gasteiger partial charge in [-0.2, -0.15) is 0 Å². The molecule has 2 aromatic carbocycles. The Bertz CT molecular complexity index is 630. The quantitative estimate of drug-likeness (QED) is 0.612. The van der Waals surface area contributed by atoms with E-state index in [1.54, 1.807) is 11.3 Å². The maximum atomic E-state index is 8.99. The number of benzene rings is 2. The van der Waals surface area contributed by atoms with E-state index in [0.29, 0.717) is 0 Å². The number of hydrogen-bond acceptors (Lipinski definition) is 2. The van der Waals surface area contributed by atoms with E-state index >= 15 is 0 Å². The number of thiophene rings is 1. The first-order chi connectivity index (χ1) is 7.38. The Labute approximate surface area is 92.3 Å². The van der Waals surface area contributed by atoms with E-state index in [-0.39, 0.29) is 0 Å². The van der Waals surface area contributed by atoms with Crippen molar-refractivity contribution in [1.29, 1.82) is 0 Å². The van der Waals surface area contributed by atoms with Crippen molar-refractivity contribution in [3.8, 4) is 0 Å². The smallest absolute Gasteiger partial charge is 0.326 e. The third kappa shape index (κ3) is 1.36. The first kappa shape index (κ1) is 8.95. The molecule has 0 atom stereocenters. The minimum Gasteiger partial charge on any atom is -0.450 e. The van der Waals surface area contributed by atoms with Gasteiger partial charge in [0.1, 0.15) is 0 Å². The highest BCUT2D eigenvalue weighted by Gasteiger charge is 2.04. The van der Waals surface area contributed by atoms with Gasteiger partial charge in [-0.05, 0) is 17.5 Å². The van der Waals surface area contributed by atoms with Crippen molar-refractivity contribution in [3.05, 3.63) is 42.5 Å². The van der Waals surface area contributed by atoms with Crippen LogP contribution in [0, 0.1) is 0 Å². The molecule has 0 saturated heterocycles. The monoisotopic (exact) mass is 211 g/mol. The molecular formula is C12H8BOS. The fraction of sp³-hybridized carbons (Fsp3) is 0. The largest absolute Gasteiger partial charge is 0.450 e. The Morgan fingerprint density at radius 1 is 0.933 bits per heavy atom. The van der Waals surface area contributed by atoms with Gasteiger partial charge in [-0.1, -0.05) is 35.8 Å². The minimum absolute atomic E-state index is 0.853. The van der Waals surface area contributed by atoms with Crippen LogP contribution in [0.1, 0.15) is 0 Å². The Morgan fingerprint density at radius 2 is 1.73 bits per heavy atom. The predicted molar refractivity (Wildman–Crippen MR) is 66.9 cm³/mol. The molecule has 1 nitrogen and oxygen atoms in total. The molecule has 0 fully saturated rings. The van der Waals surface area contributed by atoms with Crippen LogP contribution in [0.2, 0.25) is 0 Å². The Morgan fingerprint density at radius 3 is 2.60 bits per heavy atom. The molecular weight excluding hydrogens is 203 g/mol. The molecule has 3 rings (SSSR count). The van der Waals surface area contributed by atoms with Crippen LogP contribution < -0.4 is 5.46 Å². The van der Waals surface area contributed by atoms with Gasteiger partial charge in [0.2, 0.25) is 0 Å². The normalized spacial score (nSPS) is 11.0. The summed E-state index contributed by atoms with van der Waals surface area (Å²) < 4.78 is 2.56. The van der Waals surface area contributed by atoms with Crippen LogP contribution in [0.15, 0.2) is 42.5 Å². The first-order valence-corrected chi connectivity index (χ1v) is 5.59. The predicted octanol–water partition coefficient (Wildman–Crippen LogP) is 2.29. The summed E-state index contributed by atoms with van der Waals surface area (Å²) in [6, 6.07) is 14.4. The van der Waals surface area contributed by atoms with Crippen molar-refractivity contribution < 1.29 is 5.02 Å². The molecule has 1 N–H and O–H groups in total. The lowest BCUT2D eigenvalue weighted by Gasteiger charge is -1.94. The third-order valence-corrected chi connectivity index (χ3v) is 3.70. The summed E-state index contributed by atoms with van der Waals surface area (Å²) in [5.74, 6) is 0. The summed E-state index contributed by atoms with van der Waals surface area (Å²) in [7, 11) is 1.14. The molecule has 0 spiro atoms. The summed E-state index contributed by atoms with van der Waals surface area (Å²) in [5, 5.41) is 11.5. The fourth-order valence-corrected chi connectivity index (χ4v) is 2.91. The molecule has 15 heavy (non-hydrogen) atoms. The van der Waals surface area contributed by atoms with Crippen molar-refractivity contribution in [3.63, 3.8) is 0 Å². The van der Waals surface area contributed by atoms with Gasteiger partial charge >= 0.3 is 7.48 Å². The summed E-state index contributed by atoms with van der Waals surface area (Å²) in [4.78, 5) is 0. The molecule has 0 unspecified atom stereocenters. The topological polar surface area (TPSA) is 20.2 Å². The van der Waals surface area contributed by atoms with Crippen molar-refractivity contribution >= 4 is 44.5 Å². The number of hydrogen-bond donors (Lipinski definition) is 1. The SMILES string of the molecule is O[B]c1ccc2sc3ccccc3c2c1. The summed E-state index contributed by atoms with van der Waals surface area (Å²) in [6.45, 7) is 0. The highest BCUT2D eigenvalue weighted by Crippen LogP contribution is 2.32. The van der Waals surface area contributed by atoms with Crippen LogP contribution in [-0.2, 0) is 0 Å². The minimum atomic E-state index is 0.853. The Kier molecular flexibility index (Phi) is 2.01. The van der Waals surface area contributed by atoms with Crippen LogP contribution in [0.5, 0.6) is 0 Å². The molecule has 0 aliphatic heterocycles. The molecule has 71 valence electrons. The zero-order valence-electron chi connectivity index (χ0n) is 7.97. The zero-order chi connectivity index (χ0) is 10.3. The molecule has 3 aromatic rings. The van der Waals surface area contributed by atoms with Gasteiger partial charge in [-0.3, -0.25) is 0 Å². The average Bonchev–Trinajstić information content (AvgIpc) is 2.66. The lowest BCUT2D eigenvalue weighted by molar-refractivity contribution is 0.615. The van der Waals surface area contributed by atoms with E-state index in [1.165, 1.54) is 20.2 Å². The summed E-state index contributed by atoms with van der Waals surface area (Å²) in [6.07, 6.45) is 0. The molecule has 1 aromatic heterocycles. The maximum Gasteiger partial charge on any atom is 0.326 e. The first-order valence-electron chi connectivity index (χ1n) is 4.77. The zero-order valence-corrected chi connectivity index (χ0v) is 8.79. The van der Waals surface area contributed by atoms with Gasteiger partial charge in [0.15, 0.2) is 0 Å². The molecule has 3 heteroatoms. The molecule has 0 bridgehead atoms. The molecule has 1 radical (unpaired) electrons. The van der Waals surface area contributed by atoms with Crippen LogP contribution >= 0.6 is 11.3 Å². The van der Waals surface area contributed by atoms with E-state index in [0.717, 1.165) is 12.9 Å². The lowest BCUT2D eigenvalue weighted by atomic mass is 9.88. The second-order valence-corrected chi connectivity index (χ2v) is 4.57. The van der Waals surface area contributed by atoms with Crippen LogP contribution in [0.25, 0.3) is 20.2 Å². The van der Waals surface area contributed by atoms with Gasteiger partial charge < -0.3 is 5.02 Å². The van der Waals surface area contributed by atoms with Gasteiger partial charge in [0.05, 0.1) is 0 Å². The second-order valence-electron chi connectivity index (χ2n) is 3.48. The van der Waals surface area contributed by atoms with E-state index in [1.807, 2.05) is 18.2 Å². The van der Waals surface area contributed by atoms with Crippen molar-refractivity contribution in [1.82, 2.24) is 0 Å². The second kappa shape index (κ2) is 3.37. The summed E-state index contributed by atoms with van der Waals surface area (Å²) in [5.41, 5.74) is 0.853. The lowest BCUT2D eigenvalue weighted by Crippen LogP contribution is -2.11. The van der Waals surface area contributed by atoms with E-state index in [2.05, 4.69) is 24.3 Å². The highest BCUT2D eigenvalue weighted by molar-refractivity contribution is 7.25. The maximum absolute atomic E-state index is 8.99.